The summed E-state index contributed by atoms with van der Waals surface area (Å²) in [7, 11) is 1.73. The summed E-state index contributed by atoms with van der Waals surface area (Å²) in [5.74, 6) is 1.04. The molecule has 0 radical (unpaired) electrons. The third-order valence-corrected chi connectivity index (χ3v) is 3.61. The highest BCUT2D eigenvalue weighted by atomic mass is 19.4. The lowest BCUT2D eigenvalue weighted by molar-refractivity contribution is -0.274. The smallest absolute Gasteiger partial charge is 0.406 e. The van der Waals surface area contributed by atoms with Gasteiger partial charge in [-0.3, -0.25) is 0 Å². The molecule has 1 aliphatic rings. The van der Waals surface area contributed by atoms with Crippen LogP contribution in [0.5, 0.6) is 5.75 Å². The summed E-state index contributed by atoms with van der Waals surface area (Å²) in [6.07, 6.45) is -2.30. The van der Waals surface area contributed by atoms with Gasteiger partial charge in [0, 0.05) is 26.3 Å². The molecule has 1 aromatic carbocycles. The summed E-state index contributed by atoms with van der Waals surface area (Å²) in [4.78, 5) is 10.4. The molecule has 2 heterocycles. The fraction of sp³-hybridized carbons (Fsp3) is 0.333. The van der Waals surface area contributed by atoms with Crippen molar-refractivity contribution in [1.29, 1.82) is 0 Å². The number of benzene rings is 1. The first kappa shape index (κ1) is 15.4. The molecule has 122 valence electrons. The second-order valence-electron chi connectivity index (χ2n) is 5.14. The van der Waals surface area contributed by atoms with E-state index in [2.05, 4.69) is 20.0 Å². The van der Waals surface area contributed by atoms with Gasteiger partial charge in [0.25, 0.3) is 0 Å². The van der Waals surface area contributed by atoms with Crippen molar-refractivity contribution >= 4 is 11.8 Å². The van der Waals surface area contributed by atoms with Crippen molar-refractivity contribution in [3.63, 3.8) is 0 Å². The van der Waals surface area contributed by atoms with E-state index in [0.717, 1.165) is 29.9 Å². The van der Waals surface area contributed by atoms with Gasteiger partial charge in [-0.1, -0.05) is 6.07 Å². The number of aromatic nitrogens is 2. The highest BCUT2D eigenvalue weighted by Gasteiger charge is 2.31. The normalized spacial score (nSPS) is 14.3. The Balaban J connectivity index is 1.82. The van der Waals surface area contributed by atoms with Crippen molar-refractivity contribution in [1.82, 2.24) is 9.97 Å². The second kappa shape index (κ2) is 5.94. The van der Waals surface area contributed by atoms with Gasteiger partial charge >= 0.3 is 6.36 Å². The minimum absolute atomic E-state index is 0.197. The van der Waals surface area contributed by atoms with Gasteiger partial charge in [-0.25, -0.2) is 4.98 Å². The van der Waals surface area contributed by atoms with Crippen LogP contribution in [0.4, 0.5) is 24.9 Å². The average molecular weight is 324 g/mol. The number of rotatable bonds is 3. The highest BCUT2D eigenvalue weighted by Crippen LogP contribution is 2.29. The fourth-order valence-corrected chi connectivity index (χ4v) is 2.57. The van der Waals surface area contributed by atoms with Gasteiger partial charge in [0.05, 0.1) is 0 Å². The quantitative estimate of drug-likeness (QED) is 0.941. The standard InChI is InChI=1S/C15H15F3N4O/c1-19-14-20-6-4-13(21-14)22-7-5-10-2-3-12(8-11(10)9-22)23-15(16,17)18/h2-4,6,8H,5,7,9H2,1H3,(H,19,20,21). The van der Waals surface area contributed by atoms with Gasteiger partial charge in [-0.15, -0.1) is 13.2 Å². The molecule has 0 atom stereocenters. The molecular formula is C15H15F3N4O. The largest absolute Gasteiger partial charge is 0.573 e. The number of ether oxygens (including phenoxy) is 1. The molecule has 2 aromatic rings. The van der Waals surface area contributed by atoms with Crippen LogP contribution >= 0.6 is 0 Å². The monoisotopic (exact) mass is 324 g/mol. The van der Waals surface area contributed by atoms with Crippen LogP contribution < -0.4 is 15.0 Å². The molecule has 5 nitrogen and oxygen atoms in total. The van der Waals surface area contributed by atoms with Crippen LogP contribution in [0, 0.1) is 0 Å². The Kier molecular flexibility index (Phi) is 3.97. The number of nitrogens with zero attached hydrogens (tertiary/aromatic N) is 3. The number of hydrogen-bond donors (Lipinski definition) is 1. The zero-order valence-electron chi connectivity index (χ0n) is 12.4. The van der Waals surface area contributed by atoms with E-state index in [-0.39, 0.29) is 5.75 Å². The first-order chi connectivity index (χ1) is 10.9. The summed E-state index contributed by atoms with van der Waals surface area (Å²) in [6, 6.07) is 6.26. The minimum atomic E-state index is -4.68. The van der Waals surface area contributed by atoms with Crippen LogP contribution in [-0.2, 0) is 13.0 Å². The molecule has 1 aliphatic heterocycles. The van der Waals surface area contributed by atoms with Crippen LogP contribution in [0.3, 0.4) is 0 Å². The maximum absolute atomic E-state index is 12.3. The topological polar surface area (TPSA) is 50.3 Å². The number of hydrogen-bond acceptors (Lipinski definition) is 5. The molecule has 3 rings (SSSR count). The lowest BCUT2D eigenvalue weighted by atomic mass is 9.99. The Morgan fingerprint density at radius 1 is 1.22 bits per heavy atom. The van der Waals surface area contributed by atoms with E-state index < -0.39 is 6.36 Å². The van der Waals surface area contributed by atoms with E-state index in [0.29, 0.717) is 12.5 Å². The van der Waals surface area contributed by atoms with Gasteiger partial charge in [0.2, 0.25) is 5.95 Å². The third kappa shape index (κ3) is 3.64. The first-order valence-electron chi connectivity index (χ1n) is 7.08. The van der Waals surface area contributed by atoms with E-state index in [9.17, 15) is 13.2 Å². The van der Waals surface area contributed by atoms with Crippen molar-refractivity contribution in [2.75, 3.05) is 23.8 Å². The van der Waals surface area contributed by atoms with Crippen molar-refractivity contribution in [3.8, 4) is 5.75 Å². The molecule has 0 spiro atoms. The summed E-state index contributed by atoms with van der Waals surface area (Å²) in [5, 5.41) is 2.87. The maximum atomic E-state index is 12.3. The number of fused-ring (bicyclic) bond motifs is 1. The van der Waals surface area contributed by atoms with Gasteiger partial charge in [0.15, 0.2) is 0 Å². The lowest BCUT2D eigenvalue weighted by Gasteiger charge is -2.30. The lowest BCUT2D eigenvalue weighted by Crippen LogP contribution is -2.31. The third-order valence-electron chi connectivity index (χ3n) is 3.61. The van der Waals surface area contributed by atoms with Gasteiger partial charge in [-0.2, -0.15) is 4.98 Å². The molecule has 1 aromatic heterocycles. The summed E-state index contributed by atoms with van der Waals surface area (Å²) >= 11 is 0. The molecule has 1 N–H and O–H groups in total. The Morgan fingerprint density at radius 3 is 2.78 bits per heavy atom. The van der Waals surface area contributed by atoms with Crippen LogP contribution in [0.2, 0.25) is 0 Å². The SMILES string of the molecule is CNc1nccc(N2CCc3ccc(OC(F)(F)F)cc3C2)n1. The zero-order valence-corrected chi connectivity index (χ0v) is 12.4. The van der Waals surface area contributed by atoms with E-state index in [1.165, 1.54) is 12.1 Å². The molecule has 0 aliphatic carbocycles. The van der Waals surface area contributed by atoms with Crippen molar-refractivity contribution in [3.05, 3.63) is 41.6 Å². The molecule has 0 saturated heterocycles. The summed E-state index contributed by atoms with van der Waals surface area (Å²) in [5.41, 5.74) is 1.83. The number of alkyl halides is 3. The van der Waals surface area contributed by atoms with E-state index in [1.54, 1.807) is 25.4 Å². The Labute approximate surface area is 131 Å². The summed E-state index contributed by atoms with van der Waals surface area (Å²) in [6.45, 7) is 1.22. The second-order valence-corrected chi connectivity index (χ2v) is 5.14. The van der Waals surface area contributed by atoms with Crippen molar-refractivity contribution in [2.24, 2.45) is 0 Å². The van der Waals surface area contributed by atoms with Crippen LogP contribution in [-0.4, -0.2) is 29.9 Å². The number of nitrogens with one attached hydrogen (secondary N) is 1. The Bertz CT molecular complexity index is 705. The van der Waals surface area contributed by atoms with Crippen molar-refractivity contribution < 1.29 is 17.9 Å². The van der Waals surface area contributed by atoms with Crippen LogP contribution in [0.1, 0.15) is 11.1 Å². The first-order valence-corrected chi connectivity index (χ1v) is 7.08. The molecular weight excluding hydrogens is 309 g/mol. The molecule has 0 unspecified atom stereocenters. The van der Waals surface area contributed by atoms with Gasteiger partial charge < -0.3 is 15.0 Å². The highest BCUT2D eigenvalue weighted by molar-refractivity contribution is 5.47. The Hall–Kier alpha value is -2.51. The van der Waals surface area contributed by atoms with E-state index in [4.69, 9.17) is 0 Å². The van der Waals surface area contributed by atoms with Gasteiger partial charge in [-0.05, 0) is 35.7 Å². The predicted octanol–water partition coefficient (Wildman–Crippen LogP) is 2.98. The van der Waals surface area contributed by atoms with Crippen molar-refractivity contribution in [2.45, 2.75) is 19.3 Å². The summed E-state index contributed by atoms with van der Waals surface area (Å²) < 4.78 is 41.0. The number of halogens is 3. The van der Waals surface area contributed by atoms with Gasteiger partial charge in [0.1, 0.15) is 11.6 Å². The van der Waals surface area contributed by atoms with E-state index in [1.807, 2.05) is 4.90 Å². The van der Waals surface area contributed by atoms with E-state index >= 15 is 0 Å². The zero-order chi connectivity index (χ0) is 16.4. The molecule has 23 heavy (non-hydrogen) atoms. The van der Waals surface area contributed by atoms with Crippen LogP contribution in [0.15, 0.2) is 30.5 Å². The molecule has 0 amide bonds. The predicted molar refractivity (Wildman–Crippen MR) is 79.5 cm³/mol. The Morgan fingerprint density at radius 2 is 2.04 bits per heavy atom. The molecule has 0 fully saturated rings. The molecule has 8 heteroatoms. The fourth-order valence-electron chi connectivity index (χ4n) is 2.57. The van der Waals surface area contributed by atoms with Crippen LogP contribution in [0.25, 0.3) is 0 Å². The average Bonchev–Trinajstić information content (AvgIpc) is 2.52. The number of anilines is 2. The molecule has 0 bridgehead atoms. The maximum Gasteiger partial charge on any atom is 0.573 e. The minimum Gasteiger partial charge on any atom is -0.406 e. The molecule has 0 saturated carbocycles.